The van der Waals surface area contributed by atoms with E-state index in [2.05, 4.69) is 33.5 Å². The number of aromatic nitrogens is 2. The molecule has 0 bridgehead atoms. The van der Waals surface area contributed by atoms with Crippen LogP contribution in [0.4, 0.5) is 5.82 Å². The molecule has 5 nitrogen and oxygen atoms in total. The van der Waals surface area contributed by atoms with E-state index in [1.54, 1.807) is 6.20 Å². The molecular formula is C14H21N3O2. The van der Waals surface area contributed by atoms with Crippen LogP contribution in [0.15, 0.2) is 12.4 Å². The van der Waals surface area contributed by atoms with Gasteiger partial charge in [-0.25, -0.2) is 14.8 Å². The second kappa shape index (κ2) is 5.55. The van der Waals surface area contributed by atoms with Gasteiger partial charge in [0.25, 0.3) is 0 Å². The summed E-state index contributed by atoms with van der Waals surface area (Å²) in [5.41, 5.74) is 0.658. The minimum absolute atomic E-state index is 0.252. The molecule has 0 saturated carbocycles. The lowest BCUT2D eigenvalue weighted by atomic mass is 9.82. The minimum Gasteiger partial charge on any atom is -0.464 e. The van der Waals surface area contributed by atoms with Crippen molar-refractivity contribution in [2.75, 3.05) is 25.1 Å². The summed E-state index contributed by atoms with van der Waals surface area (Å²) in [6, 6.07) is 0. The molecule has 19 heavy (non-hydrogen) atoms. The van der Waals surface area contributed by atoms with E-state index in [-0.39, 0.29) is 5.69 Å². The Hall–Kier alpha value is -1.65. The molecule has 0 amide bonds. The summed E-state index contributed by atoms with van der Waals surface area (Å²) in [4.78, 5) is 22.0. The van der Waals surface area contributed by atoms with Crippen LogP contribution in [0.3, 0.4) is 0 Å². The second-order valence-corrected chi connectivity index (χ2v) is 5.13. The van der Waals surface area contributed by atoms with Crippen LogP contribution < -0.4 is 4.90 Å². The zero-order valence-corrected chi connectivity index (χ0v) is 11.8. The highest BCUT2D eigenvalue weighted by Gasteiger charge is 2.35. The Kier molecular flexibility index (Phi) is 4.02. The van der Waals surface area contributed by atoms with E-state index in [1.807, 2.05) is 0 Å². The summed E-state index contributed by atoms with van der Waals surface area (Å²) in [5.74, 6) is 0.397. The number of hydrogen-bond acceptors (Lipinski definition) is 5. The van der Waals surface area contributed by atoms with Gasteiger partial charge in [0.15, 0.2) is 5.69 Å². The molecule has 104 valence electrons. The van der Waals surface area contributed by atoms with Crippen molar-refractivity contribution in [2.45, 2.75) is 33.1 Å². The number of methoxy groups -OCH3 is 1. The SMILES string of the molecule is CCC1(CC)CCN(c2cnc(C(=O)OC)cn2)C1. The topological polar surface area (TPSA) is 55.3 Å². The van der Waals surface area contributed by atoms with Crippen LogP contribution in [-0.4, -0.2) is 36.1 Å². The lowest BCUT2D eigenvalue weighted by molar-refractivity contribution is 0.0593. The van der Waals surface area contributed by atoms with E-state index in [0.29, 0.717) is 5.41 Å². The maximum atomic E-state index is 11.3. The third-order valence-electron chi connectivity index (χ3n) is 4.30. The number of ether oxygens (including phenoxy) is 1. The van der Waals surface area contributed by atoms with E-state index < -0.39 is 5.97 Å². The largest absolute Gasteiger partial charge is 0.464 e. The molecule has 1 saturated heterocycles. The molecule has 0 spiro atoms. The molecule has 1 aliphatic heterocycles. The first-order valence-electron chi connectivity index (χ1n) is 6.79. The molecular weight excluding hydrogens is 242 g/mol. The Morgan fingerprint density at radius 1 is 1.37 bits per heavy atom. The fourth-order valence-corrected chi connectivity index (χ4v) is 2.65. The molecule has 0 radical (unpaired) electrons. The number of carbonyl (C=O) groups excluding carboxylic acids is 1. The predicted octanol–water partition coefficient (Wildman–Crippen LogP) is 2.28. The third kappa shape index (κ3) is 2.69. The van der Waals surface area contributed by atoms with Crippen molar-refractivity contribution in [3.8, 4) is 0 Å². The number of anilines is 1. The summed E-state index contributed by atoms with van der Waals surface area (Å²) in [6.45, 7) is 6.53. The van der Waals surface area contributed by atoms with E-state index in [4.69, 9.17) is 0 Å². The van der Waals surface area contributed by atoms with Crippen LogP contribution in [0.25, 0.3) is 0 Å². The van der Waals surface area contributed by atoms with Crippen molar-refractivity contribution in [1.29, 1.82) is 0 Å². The van der Waals surface area contributed by atoms with Crippen LogP contribution in [0.2, 0.25) is 0 Å². The van der Waals surface area contributed by atoms with Crippen molar-refractivity contribution < 1.29 is 9.53 Å². The van der Waals surface area contributed by atoms with Crippen LogP contribution >= 0.6 is 0 Å². The predicted molar refractivity (Wildman–Crippen MR) is 73.2 cm³/mol. The lowest BCUT2D eigenvalue weighted by Gasteiger charge is -2.26. The quantitative estimate of drug-likeness (QED) is 0.780. The molecule has 0 N–H and O–H groups in total. The van der Waals surface area contributed by atoms with Gasteiger partial charge in [-0.2, -0.15) is 0 Å². The molecule has 1 aromatic rings. The second-order valence-electron chi connectivity index (χ2n) is 5.13. The van der Waals surface area contributed by atoms with Crippen molar-refractivity contribution in [1.82, 2.24) is 9.97 Å². The average Bonchev–Trinajstić information content (AvgIpc) is 2.92. The van der Waals surface area contributed by atoms with Crippen LogP contribution in [-0.2, 0) is 4.74 Å². The van der Waals surface area contributed by atoms with Crippen LogP contribution in [0.5, 0.6) is 0 Å². The highest BCUT2D eigenvalue weighted by molar-refractivity contribution is 5.86. The fraction of sp³-hybridized carbons (Fsp3) is 0.643. The highest BCUT2D eigenvalue weighted by atomic mass is 16.5. The summed E-state index contributed by atoms with van der Waals surface area (Å²) in [7, 11) is 1.34. The van der Waals surface area contributed by atoms with Crippen molar-refractivity contribution in [3.05, 3.63) is 18.1 Å². The fourth-order valence-electron chi connectivity index (χ4n) is 2.65. The standard InChI is InChI=1S/C14H21N3O2/c1-4-14(5-2)6-7-17(10-14)12-9-15-11(8-16-12)13(18)19-3/h8-9H,4-7,10H2,1-3H3. The molecule has 1 aromatic heterocycles. The third-order valence-corrected chi connectivity index (χ3v) is 4.30. The molecule has 2 heterocycles. The number of esters is 1. The van der Waals surface area contributed by atoms with Crippen LogP contribution in [0.1, 0.15) is 43.6 Å². The minimum atomic E-state index is -0.447. The first-order chi connectivity index (χ1) is 9.14. The maximum absolute atomic E-state index is 11.3. The summed E-state index contributed by atoms with van der Waals surface area (Å²) in [6.07, 6.45) is 6.72. The smallest absolute Gasteiger partial charge is 0.358 e. The van der Waals surface area contributed by atoms with Crippen molar-refractivity contribution >= 4 is 11.8 Å². The Bertz CT molecular complexity index is 441. The Balaban J connectivity index is 2.10. The number of rotatable bonds is 4. The van der Waals surface area contributed by atoms with Gasteiger partial charge in [-0.05, 0) is 24.7 Å². The maximum Gasteiger partial charge on any atom is 0.358 e. The van der Waals surface area contributed by atoms with Gasteiger partial charge in [-0.1, -0.05) is 13.8 Å². The number of nitrogens with zero attached hydrogens (tertiary/aromatic N) is 3. The zero-order chi connectivity index (χ0) is 13.9. The lowest BCUT2D eigenvalue weighted by Crippen LogP contribution is -2.27. The molecule has 5 heteroatoms. The molecule has 0 aromatic carbocycles. The Morgan fingerprint density at radius 3 is 2.58 bits per heavy atom. The Labute approximate surface area is 114 Å². The molecule has 2 rings (SSSR count). The van der Waals surface area contributed by atoms with Gasteiger partial charge in [0.1, 0.15) is 5.82 Å². The van der Waals surface area contributed by atoms with E-state index in [1.165, 1.54) is 32.6 Å². The van der Waals surface area contributed by atoms with E-state index in [0.717, 1.165) is 18.9 Å². The van der Waals surface area contributed by atoms with Crippen LogP contribution in [0, 0.1) is 5.41 Å². The van der Waals surface area contributed by atoms with E-state index >= 15 is 0 Å². The normalized spacial score (nSPS) is 17.5. The average molecular weight is 263 g/mol. The van der Waals surface area contributed by atoms with Crippen molar-refractivity contribution in [2.24, 2.45) is 5.41 Å². The number of hydrogen-bond donors (Lipinski definition) is 0. The number of carbonyl (C=O) groups is 1. The molecule has 0 atom stereocenters. The van der Waals surface area contributed by atoms with Crippen molar-refractivity contribution in [3.63, 3.8) is 0 Å². The van der Waals surface area contributed by atoms with Gasteiger partial charge < -0.3 is 9.64 Å². The molecule has 0 unspecified atom stereocenters. The molecule has 0 aliphatic carbocycles. The molecule has 1 aliphatic rings. The first-order valence-corrected chi connectivity index (χ1v) is 6.79. The summed E-state index contributed by atoms with van der Waals surface area (Å²) < 4.78 is 4.61. The zero-order valence-electron chi connectivity index (χ0n) is 11.8. The summed E-state index contributed by atoms with van der Waals surface area (Å²) in [5, 5.41) is 0. The Morgan fingerprint density at radius 2 is 2.11 bits per heavy atom. The van der Waals surface area contributed by atoms with Gasteiger partial charge in [-0.15, -0.1) is 0 Å². The monoisotopic (exact) mass is 263 g/mol. The first kappa shape index (κ1) is 13.8. The summed E-state index contributed by atoms with van der Waals surface area (Å²) >= 11 is 0. The highest BCUT2D eigenvalue weighted by Crippen LogP contribution is 2.38. The van der Waals surface area contributed by atoms with Gasteiger partial charge in [-0.3, -0.25) is 0 Å². The van der Waals surface area contributed by atoms with Gasteiger partial charge >= 0.3 is 5.97 Å². The molecule has 1 fully saturated rings. The van der Waals surface area contributed by atoms with Gasteiger partial charge in [0.05, 0.1) is 19.5 Å². The van der Waals surface area contributed by atoms with Gasteiger partial charge in [0.2, 0.25) is 0 Å². The van der Waals surface area contributed by atoms with Gasteiger partial charge in [0, 0.05) is 13.1 Å². The van der Waals surface area contributed by atoms with E-state index in [9.17, 15) is 4.79 Å².